The van der Waals surface area contributed by atoms with E-state index in [2.05, 4.69) is 36.1 Å². The summed E-state index contributed by atoms with van der Waals surface area (Å²) in [5.74, 6) is 0. The summed E-state index contributed by atoms with van der Waals surface area (Å²) in [6.07, 6.45) is 4.12. The molecule has 1 nitrogen and oxygen atoms in total. The van der Waals surface area contributed by atoms with E-state index in [1.165, 1.54) is 43.6 Å². The Labute approximate surface area is 87.7 Å². The summed E-state index contributed by atoms with van der Waals surface area (Å²) in [7, 11) is 0. The van der Waals surface area contributed by atoms with E-state index in [-0.39, 0.29) is 7.43 Å². The first-order chi connectivity index (χ1) is 6.38. The Morgan fingerprint density at radius 2 is 1.64 bits per heavy atom. The Bertz CT molecular complexity index is 274. The van der Waals surface area contributed by atoms with Crippen LogP contribution in [0.4, 0.5) is 5.69 Å². The van der Waals surface area contributed by atoms with E-state index in [9.17, 15) is 0 Å². The van der Waals surface area contributed by atoms with Gasteiger partial charge in [0, 0.05) is 18.8 Å². The molecule has 0 spiro atoms. The molecule has 0 bridgehead atoms. The molecule has 1 aromatic carbocycles. The highest BCUT2D eigenvalue weighted by molar-refractivity contribution is 5.53. The van der Waals surface area contributed by atoms with E-state index in [1.54, 1.807) is 0 Å². The molecule has 0 amide bonds. The fraction of sp³-hybridized carbons (Fsp3) is 0.538. The highest BCUT2D eigenvalue weighted by Crippen LogP contribution is 2.22. The maximum atomic E-state index is 2.51. The molecule has 0 unspecified atom stereocenters. The average Bonchev–Trinajstić information content (AvgIpc) is 2.20. The maximum absolute atomic E-state index is 2.51. The summed E-state index contributed by atoms with van der Waals surface area (Å²) in [6.45, 7) is 4.68. The number of nitrogens with zero attached hydrogens (tertiary/aromatic N) is 1. The fourth-order valence-corrected chi connectivity index (χ4v) is 2.05. The van der Waals surface area contributed by atoms with Crippen LogP contribution in [0.15, 0.2) is 24.3 Å². The van der Waals surface area contributed by atoms with Crippen molar-refractivity contribution in [2.24, 2.45) is 0 Å². The number of rotatable bonds is 1. The van der Waals surface area contributed by atoms with E-state index in [0.29, 0.717) is 0 Å². The van der Waals surface area contributed by atoms with E-state index in [1.807, 2.05) is 0 Å². The van der Waals surface area contributed by atoms with Gasteiger partial charge in [0.05, 0.1) is 0 Å². The van der Waals surface area contributed by atoms with Gasteiger partial charge in [-0.15, -0.1) is 0 Å². The van der Waals surface area contributed by atoms with Crippen LogP contribution in [0.1, 0.15) is 32.3 Å². The largest absolute Gasteiger partial charge is 0.371 e. The van der Waals surface area contributed by atoms with Crippen molar-refractivity contribution in [2.75, 3.05) is 18.0 Å². The smallest absolute Gasteiger partial charge is 0.0395 e. The second-order valence-electron chi connectivity index (χ2n) is 3.83. The zero-order valence-corrected chi connectivity index (χ0v) is 8.29. The van der Waals surface area contributed by atoms with Gasteiger partial charge >= 0.3 is 0 Å². The lowest BCUT2D eigenvalue weighted by atomic mass is 10.1. The minimum Gasteiger partial charge on any atom is -0.371 e. The Balaban J connectivity index is 0.000000980. The molecule has 78 valence electrons. The van der Waals surface area contributed by atoms with E-state index in [0.717, 1.165) is 0 Å². The molecule has 1 aliphatic heterocycles. The summed E-state index contributed by atoms with van der Waals surface area (Å²) in [5.41, 5.74) is 2.84. The molecule has 1 aromatic rings. The summed E-state index contributed by atoms with van der Waals surface area (Å²) in [6, 6.07) is 8.68. The van der Waals surface area contributed by atoms with Crippen LogP contribution >= 0.6 is 0 Å². The monoisotopic (exact) mass is 191 g/mol. The highest BCUT2D eigenvalue weighted by atomic mass is 15.1. The summed E-state index contributed by atoms with van der Waals surface area (Å²) in [5, 5.41) is 0. The zero-order valence-electron chi connectivity index (χ0n) is 8.29. The van der Waals surface area contributed by atoms with Crippen LogP contribution < -0.4 is 4.90 Å². The molecule has 14 heavy (non-hydrogen) atoms. The first-order valence-corrected chi connectivity index (χ1v) is 5.18. The molecule has 1 heterocycles. The van der Waals surface area contributed by atoms with Gasteiger partial charge in [-0.25, -0.2) is 0 Å². The number of piperidine rings is 1. The Morgan fingerprint density at radius 3 is 2.29 bits per heavy atom. The third kappa shape index (κ3) is 2.28. The molecule has 0 aromatic heterocycles. The quantitative estimate of drug-likeness (QED) is 0.655. The van der Waals surface area contributed by atoms with Crippen molar-refractivity contribution in [3.63, 3.8) is 0 Å². The lowest BCUT2D eigenvalue weighted by Gasteiger charge is -2.30. The van der Waals surface area contributed by atoms with Crippen molar-refractivity contribution in [1.29, 1.82) is 0 Å². The van der Waals surface area contributed by atoms with Crippen molar-refractivity contribution in [2.45, 2.75) is 33.6 Å². The number of para-hydroxylation sites is 1. The van der Waals surface area contributed by atoms with Gasteiger partial charge in [0.1, 0.15) is 0 Å². The minimum atomic E-state index is 0. The van der Waals surface area contributed by atoms with E-state index < -0.39 is 0 Å². The van der Waals surface area contributed by atoms with Crippen LogP contribution in [0.5, 0.6) is 0 Å². The van der Waals surface area contributed by atoms with Crippen LogP contribution in [0.25, 0.3) is 0 Å². The van der Waals surface area contributed by atoms with Crippen LogP contribution in [0.3, 0.4) is 0 Å². The highest BCUT2D eigenvalue weighted by Gasteiger charge is 2.11. The molecule has 1 heteroatoms. The third-order valence-electron chi connectivity index (χ3n) is 2.81. The predicted molar refractivity (Wildman–Crippen MR) is 64.0 cm³/mol. The van der Waals surface area contributed by atoms with Gasteiger partial charge in [0.15, 0.2) is 0 Å². The van der Waals surface area contributed by atoms with Gasteiger partial charge < -0.3 is 4.90 Å². The van der Waals surface area contributed by atoms with Crippen molar-refractivity contribution in [3.05, 3.63) is 29.8 Å². The third-order valence-corrected chi connectivity index (χ3v) is 2.81. The molecule has 0 atom stereocenters. The predicted octanol–water partition coefficient (Wildman–Crippen LogP) is 3.62. The van der Waals surface area contributed by atoms with Crippen molar-refractivity contribution in [3.8, 4) is 0 Å². The second kappa shape index (κ2) is 5.04. The molecule has 1 saturated heterocycles. The molecule has 1 aliphatic rings. The first-order valence-electron chi connectivity index (χ1n) is 5.18. The van der Waals surface area contributed by atoms with Gasteiger partial charge in [-0.2, -0.15) is 0 Å². The second-order valence-corrected chi connectivity index (χ2v) is 3.83. The van der Waals surface area contributed by atoms with Gasteiger partial charge in [-0.1, -0.05) is 25.6 Å². The molecule has 0 saturated carbocycles. The lowest BCUT2D eigenvalue weighted by molar-refractivity contribution is 0.577. The molecule has 0 aliphatic carbocycles. The summed E-state index contributed by atoms with van der Waals surface area (Å²) >= 11 is 0. The zero-order chi connectivity index (χ0) is 9.10. The Morgan fingerprint density at radius 1 is 1.00 bits per heavy atom. The van der Waals surface area contributed by atoms with Crippen LogP contribution in [0, 0.1) is 6.92 Å². The lowest BCUT2D eigenvalue weighted by Crippen LogP contribution is -2.29. The van der Waals surface area contributed by atoms with Gasteiger partial charge in [0.25, 0.3) is 0 Å². The molecule has 0 radical (unpaired) electrons. The average molecular weight is 191 g/mol. The van der Waals surface area contributed by atoms with E-state index >= 15 is 0 Å². The summed E-state index contributed by atoms with van der Waals surface area (Å²) in [4.78, 5) is 2.51. The SMILES string of the molecule is C.Cc1ccccc1N1CCCCC1. The number of hydrogen-bond acceptors (Lipinski definition) is 1. The van der Waals surface area contributed by atoms with Crippen LogP contribution in [0.2, 0.25) is 0 Å². The van der Waals surface area contributed by atoms with Gasteiger partial charge in [0.2, 0.25) is 0 Å². The Hall–Kier alpha value is -0.980. The van der Waals surface area contributed by atoms with Crippen molar-refractivity contribution < 1.29 is 0 Å². The number of benzene rings is 1. The standard InChI is InChI=1S/C12H17N.CH4/c1-11-7-3-4-8-12(11)13-9-5-2-6-10-13;/h3-4,7-8H,2,5-6,9-10H2,1H3;1H4. The van der Waals surface area contributed by atoms with E-state index in [4.69, 9.17) is 0 Å². The molecular formula is C13H21N. The topological polar surface area (TPSA) is 3.24 Å². The van der Waals surface area contributed by atoms with Crippen LogP contribution in [-0.4, -0.2) is 13.1 Å². The number of hydrogen-bond donors (Lipinski definition) is 0. The van der Waals surface area contributed by atoms with Crippen LogP contribution in [-0.2, 0) is 0 Å². The van der Waals surface area contributed by atoms with Crippen molar-refractivity contribution >= 4 is 5.69 Å². The molecule has 2 rings (SSSR count). The first kappa shape index (κ1) is 11.1. The summed E-state index contributed by atoms with van der Waals surface area (Å²) < 4.78 is 0. The molecule has 1 fully saturated rings. The maximum Gasteiger partial charge on any atom is 0.0395 e. The Kier molecular flexibility index (Phi) is 3.99. The normalized spacial score (nSPS) is 16.2. The molecule has 0 N–H and O–H groups in total. The fourth-order valence-electron chi connectivity index (χ4n) is 2.05. The number of aryl methyl sites for hydroxylation is 1. The van der Waals surface area contributed by atoms with Gasteiger partial charge in [-0.05, 0) is 37.8 Å². The minimum absolute atomic E-state index is 0. The molecular weight excluding hydrogens is 170 g/mol. The van der Waals surface area contributed by atoms with Gasteiger partial charge in [-0.3, -0.25) is 0 Å². The number of anilines is 1. The van der Waals surface area contributed by atoms with Crippen molar-refractivity contribution in [1.82, 2.24) is 0 Å².